The van der Waals surface area contributed by atoms with E-state index in [-0.39, 0.29) is 0 Å². The van der Waals surface area contributed by atoms with Crippen LogP contribution in [-0.2, 0) is 0 Å². The molecule has 1 aromatic heterocycles. The summed E-state index contributed by atoms with van der Waals surface area (Å²) in [6.45, 7) is 7.46. The van der Waals surface area contributed by atoms with Gasteiger partial charge < -0.3 is 20.4 Å². The Balaban J connectivity index is 1.83. The van der Waals surface area contributed by atoms with Gasteiger partial charge in [-0.25, -0.2) is 0 Å². The van der Waals surface area contributed by atoms with Crippen molar-refractivity contribution >= 4 is 17.6 Å². The average Bonchev–Trinajstić information content (AvgIpc) is 2.85. The van der Waals surface area contributed by atoms with Crippen LogP contribution in [0.15, 0.2) is 6.07 Å². The standard InChI is InChI=1S/C14H24N6/c1-11-4-3-5-20(11)13-10-12(16-14(15)17-13)19-8-6-18(2)7-9-19/h10-11H,3-9H2,1-2H3,(H2,15,16,17)/t11-/m1/s1. The van der Waals surface area contributed by atoms with E-state index in [2.05, 4.69) is 44.7 Å². The number of aromatic nitrogens is 2. The smallest absolute Gasteiger partial charge is 0.223 e. The summed E-state index contributed by atoms with van der Waals surface area (Å²) in [6, 6.07) is 2.65. The molecule has 3 rings (SSSR count). The largest absolute Gasteiger partial charge is 0.368 e. The molecule has 0 unspecified atom stereocenters. The predicted molar refractivity (Wildman–Crippen MR) is 82.2 cm³/mol. The van der Waals surface area contributed by atoms with Gasteiger partial charge in [0, 0.05) is 44.8 Å². The molecule has 2 saturated heterocycles. The number of likely N-dealkylation sites (N-methyl/N-ethyl adjacent to an activating group) is 1. The van der Waals surface area contributed by atoms with Crippen LogP contribution in [0.4, 0.5) is 17.6 Å². The second-order valence-electron chi connectivity index (χ2n) is 5.92. The van der Waals surface area contributed by atoms with Gasteiger partial charge in [-0.1, -0.05) is 0 Å². The Morgan fingerprint density at radius 3 is 2.45 bits per heavy atom. The minimum absolute atomic E-state index is 0.385. The van der Waals surface area contributed by atoms with Crippen LogP contribution in [0.5, 0.6) is 0 Å². The van der Waals surface area contributed by atoms with Gasteiger partial charge in [0.1, 0.15) is 11.6 Å². The van der Waals surface area contributed by atoms with Gasteiger partial charge in [-0.2, -0.15) is 9.97 Å². The minimum Gasteiger partial charge on any atom is -0.368 e. The van der Waals surface area contributed by atoms with Gasteiger partial charge >= 0.3 is 0 Å². The van der Waals surface area contributed by atoms with Crippen molar-refractivity contribution in [1.82, 2.24) is 14.9 Å². The molecule has 0 bridgehead atoms. The van der Waals surface area contributed by atoms with Crippen molar-refractivity contribution in [3.05, 3.63) is 6.07 Å². The first kappa shape index (κ1) is 13.4. The van der Waals surface area contributed by atoms with Crippen LogP contribution in [0.2, 0.25) is 0 Å². The van der Waals surface area contributed by atoms with Crippen LogP contribution in [0.1, 0.15) is 19.8 Å². The van der Waals surface area contributed by atoms with E-state index in [1.165, 1.54) is 12.8 Å². The second kappa shape index (κ2) is 5.44. The Morgan fingerprint density at radius 1 is 1.10 bits per heavy atom. The topological polar surface area (TPSA) is 61.5 Å². The molecule has 2 N–H and O–H groups in total. The van der Waals surface area contributed by atoms with E-state index < -0.39 is 0 Å². The fourth-order valence-corrected chi connectivity index (χ4v) is 3.06. The maximum atomic E-state index is 5.92. The second-order valence-corrected chi connectivity index (χ2v) is 5.92. The van der Waals surface area contributed by atoms with Crippen molar-refractivity contribution in [2.24, 2.45) is 0 Å². The first-order valence-electron chi connectivity index (χ1n) is 7.48. The maximum Gasteiger partial charge on any atom is 0.223 e. The summed E-state index contributed by atoms with van der Waals surface area (Å²) in [5.74, 6) is 2.34. The molecular formula is C14H24N6. The zero-order valence-electron chi connectivity index (χ0n) is 12.4. The Labute approximate surface area is 120 Å². The lowest BCUT2D eigenvalue weighted by atomic mass is 10.2. The molecule has 3 heterocycles. The molecule has 0 amide bonds. The van der Waals surface area contributed by atoms with Crippen molar-refractivity contribution in [3.8, 4) is 0 Å². The van der Waals surface area contributed by atoms with Gasteiger partial charge in [0.05, 0.1) is 0 Å². The SMILES string of the molecule is C[C@@H]1CCCN1c1cc(N2CCN(C)CC2)nc(N)n1. The average molecular weight is 276 g/mol. The third kappa shape index (κ3) is 2.65. The highest BCUT2D eigenvalue weighted by atomic mass is 15.3. The van der Waals surface area contributed by atoms with Crippen molar-refractivity contribution in [2.75, 3.05) is 55.3 Å². The van der Waals surface area contributed by atoms with Crippen LogP contribution >= 0.6 is 0 Å². The molecule has 0 radical (unpaired) electrons. The van der Waals surface area contributed by atoms with Crippen LogP contribution < -0.4 is 15.5 Å². The monoisotopic (exact) mass is 276 g/mol. The van der Waals surface area contributed by atoms with E-state index in [4.69, 9.17) is 5.73 Å². The quantitative estimate of drug-likeness (QED) is 0.862. The van der Waals surface area contributed by atoms with E-state index in [0.29, 0.717) is 12.0 Å². The number of hydrogen-bond donors (Lipinski definition) is 1. The molecule has 2 aliphatic rings. The molecule has 2 fully saturated rings. The first-order chi connectivity index (χ1) is 9.63. The van der Waals surface area contributed by atoms with E-state index in [1.54, 1.807) is 0 Å². The highest BCUT2D eigenvalue weighted by Crippen LogP contribution is 2.27. The lowest BCUT2D eigenvalue weighted by molar-refractivity contribution is 0.312. The molecule has 0 saturated carbocycles. The van der Waals surface area contributed by atoms with Crippen LogP contribution in [0, 0.1) is 0 Å². The molecule has 110 valence electrons. The number of nitrogen functional groups attached to an aromatic ring is 1. The first-order valence-corrected chi connectivity index (χ1v) is 7.48. The summed E-state index contributed by atoms with van der Waals surface area (Å²) < 4.78 is 0. The third-order valence-corrected chi connectivity index (χ3v) is 4.39. The number of nitrogens with zero attached hydrogens (tertiary/aromatic N) is 5. The predicted octanol–water partition coefficient (Wildman–Crippen LogP) is 0.799. The lowest BCUT2D eigenvalue weighted by Gasteiger charge is -2.33. The number of hydrogen-bond acceptors (Lipinski definition) is 6. The van der Waals surface area contributed by atoms with Gasteiger partial charge in [0.15, 0.2) is 0 Å². The molecule has 1 aromatic rings. The lowest BCUT2D eigenvalue weighted by Crippen LogP contribution is -2.45. The molecule has 2 aliphatic heterocycles. The van der Waals surface area contributed by atoms with E-state index in [0.717, 1.165) is 44.4 Å². The highest BCUT2D eigenvalue weighted by molar-refractivity contribution is 5.55. The van der Waals surface area contributed by atoms with Crippen molar-refractivity contribution in [3.63, 3.8) is 0 Å². The Bertz CT molecular complexity index is 469. The van der Waals surface area contributed by atoms with Crippen LogP contribution in [0.25, 0.3) is 0 Å². The molecule has 6 nitrogen and oxygen atoms in total. The van der Waals surface area contributed by atoms with Crippen molar-refractivity contribution in [1.29, 1.82) is 0 Å². The van der Waals surface area contributed by atoms with Gasteiger partial charge in [0.25, 0.3) is 0 Å². The van der Waals surface area contributed by atoms with E-state index >= 15 is 0 Å². The molecule has 6 heteroatoms. The minimum atomic E-state index is 0.385. The molecule has 0 aliphatic carbocycles. The van der Waals surface area contributed by atoms with Crippen LogP contribution in [-0.4, -0.2) is 60.7 Å². The molecular weight excluding hydrogens is 252 g/mol. The Hall–Kier alpha value is -1.56. The maximum absolute atomic E-state index is 5.92. The van der Waals surface area contributed by atoms with Crippen molar-refractivity contribution < 1.29 is 0 Å². The number of rotatable bonds is 2. The van der Waals surface area contributed by atoms with Gasteiger partial charge in [-0.05, 0) is 26.8 Å². The van der Waals surface area contributed by atoms with Crippen molar-refractivity contribution in [2.45, 2.75) is 25.8 Å². The zero-order chi connectivity index (χ0) is 14.1. The molecule has 1 atom stereocenters. The van der Waals surface area contributed by atoms with Crippen LogP contribution in [0.3, 0.4) is 0 Å². The van der Waals surface area contributed by atoms with Gasteiger partial charge in [0.2, 0.25) is 5.95 Å². The third-order valence-electron chi connectivity index (χ3n) is 4.39. The summed E-state index contributed by atoms with van der Waals surface area (Å²) in [5.41, 5.74) is 5.92. The number of piperazine rings is 1. The highest BCUT2D eigenvalue weighted by Gasteiger charge is 2.24. The molecule has 20 heavy (non-hydrogen) atoms. The van der Waals surface area contributed by atoms with Gasteiger partial charge in [-0.3, -0.25) is 0 Å². The fraction of sp³-hybridized carbons (Fsp3) is 0.714. The zero-order valence-corrected chi connectivity index (χ0v) is 12.4. The van der Waals surface area contributed by atoms with E-state index in [1.807, 2.05) is 0 Å². The summed E-state index contributed by atoms with van der Waals surface area (Å²) >= 11 is 0. The van der Waals surface area contributed by atoms with E-state index in [9.17, 15) is 0 Å². The summed E-state index contributed by atoms with van der Waals surface area (Å²) in [7, 11) is 2.16. The number of anilines is 3. The summed E-state index contributed by atoms with van der Waals surface area (Å²) in [4.78, 5) is 15.8. The Morgan fingerprint density at radius 2 is 1.80 bits per heavy atom. The Kier molecular flexibility index (Phi) is 3.65. The normalized spacial score (nSPS) is 24.4. The molecule has 0 aromatic carbocycles. The van der Waals surface area contributed by atoms with Gasteiger partial charge in [-0.15, -0.1) is 0 Å². The number of nitrogens with two attached hydrogens (primary N) is 1. The fourth-order valence-electron chi connectivity index (χ4n) is 3.06. The summed E-state index contributed by atoms with van der Waals surface area (Å²) in [5, 5.41) is 0. The summed E-state index contributed by atoms with van der Waals surface area (Å²) in [6.07, 6.45) is 2.46. The molecule has 0 spiro atoms.